The van der Waals surface area contributed by atoms with Crippen molar-refractivity contribution in [1.29, 1.82) is 0 Å². The summed E-state index contributed by atoms with van der Waals surface area (Å²) >= 11 is 0. The zero-order valence-corrected chi connectivity index (χ0v) is 10.8. The Bertz CT molecular complexity index is 576. The van der Waals surface area contributed by atoms with E-state index in [1.54, 1.807) is 6.07 Å². The fraction of sp³-hybridized carbons (Fsp3) is 0.200. The van der Waals surface area contributed by atoms with Crippen LogP contribution in [0.15, 0.2) is 42.6 Å². The number of carboxylic acid groups (broad SMARTS) is 1. The molecule has 19 heavy (non-hydrogen) atoms. The first-order valence-electron chi connectivity index (χ1n) is 6.03. The summed E-state index contributed by atoms with van der Waals surface area (Å²) in [5, 5.41) is 8.85. The normalized spacial score (nSPS) is 10.5. The van der Waals surface area contributed by atoms with Crippen LogP contribution < -0.4 is 4.74 Å². The second kappa shape index (κ2) is 5.52. The number of hydrogen-bond donors (Lipinski definition) is 1. The van der Waals surface area contributed by atoms with Crippen LogP contribution in [-0.2, 0) is 0 Å². The summed E-state index contributed by atoms with van der Waals surface area (Å²) < 4.78 is 5.60. The molecule has 0 aliphatic carbocycles. The predicted molar refractivity (Wildman–Crippen MR) is 71.8 cm³/mol. The van der Waals surface area contributed by atoms with E-state index in [1.165, 1.54) is 17.8 Å². The Morgan fingerprint density at radius 3 is 2.42 bits per heavy atom. The SMILES string of the molecule is CC(C)c1ccc(Oc2ccnc(C(=O)O)c2)cc1. The van der Waals surface area contributed by atoms with Crippen LogP contribution in [0.1, 0.15) is 35.8 Å². The van der Waals surface area contributed by atoms with Crippen molar-refractivity contribution in [3.63, 3.8) is 0 Å². The minimum Gasteiger partial charge on any atom is -0.477 e. The molecule has 0 bridgehead atoms. The molecule has 0 radical (unpaired) electrons. The molecular weight excluding hydrogens is 242 g/mol. The van der Waals surface area contributed by atoms with Crippen LogP contribution in [0.3, 0.4) is 0 Å². The third-order valence-electron chi connectivity index (χ3n) is 2.73. The molecule has 0 fully saturated rings. The van der Waals surface area contributed by atoms with Crippen molar-refractivity contribution in [2.24, 2.45) is 0 Å². The fourth-order valence-corrected chi connectivity index (χ4v) is 1.65. The molecule has 1 aromatic heterocycles. The first-order chi connectivity index (χ1) is 9.06. The number of aromatic nitrogens is 1. The van der Waals surface area contributed by atoms with E-state index in [4.69, 9.17) is 9.84 Å². The molecule has 0 saturated carbocycles. The molecule has 2 aromatic rings. The molecular formula is C15H15NO3. The number of carbonyl (C=O) groups is 1. The zero-order chi connectivity index (χ0) is 13.8. The van der Waals surface area contributed by atoms with Gasteiger partial charge in [-0.2, -0.15) is 0 Å². The lowest BCUT2D eigenvalue weighted by molar-refractivity contribution is 0.0690. The Hall–Kier alpha value is -2.36. The van der Waals surface area contributed by atoms with Gasteiger partial charge in [-0.05, 0) is 29.7 Å². The number of carboxylic acids is 1. The molecule has 0 saturated heterocycles. The highest BCUT2D eigenvalue weighted by Gasteiger charge is 2.06. The Morgan fingerprint density at radius 1 is 1.16 bits per heavy atom. The highest BCUT2D eigenvalue weighted by atomic mass is 16.5. The molecule has 0 atom stereocenters. The van der Waals surface area contributed by atoms with Crippen molar-refractivity contribution >= 4 is 5.97 Å². The summed E-state index contributed by atoms with van der Waals surface area (Å²) in [5.74, 6) is 0.533. The Kier molecular flexibility index (Phi) is 3.80. The van der Waals surface area contributed by atoms with Crippen LogP contribution in [0.4, 0.5) is 0 Å². The average molecular weight is 257 g/mol. The highest BCUT2D eigenvalue weighted by Crippen LogP contribution is 2.24. The quantitative estimate of drug-likeness (QED) is 0.907. The van der Waals surface area contributed by atoms with E-state index >= 15 is 0 Å². The molecule has 0 amide bonds. The van der Waals surface area contributed by atoms with Gasteiger partial charge in [0.15, 0.2) is 5.69 Å². The summed E-state index contributed by atoms with van der Waals surface area (Å²) in [6.45, 7) is 4.25. The average Bonchev–Trinajstić information content (AvgIpc) is 2.39. The van der Waals surface area contributed by atoms with E-state index in [9.17, 15) is 4.79 Å². The van der Waals surface area contributed by atoms with Gasteiger partial charge in [0, 0.05) is 12.3 Å². The van der Waals surface area contributed by atoms with E-state index in [0.717, 1.165) is 0 Å². The Labute approximate surface area is 111 Å². The van der Waals surface area contributed by atoms with E-state index in [1.807, 2.05) is 24.3 Å². The lowest BCUT2D eigenvalue weighted by Crippen LogP contribution is -1.99. The van der Waals surface area contributed by atoms with E-state index in [-0.39, 0.29) is 5.69 Å². The van der Waals surface area contributed by atoms with Crippen molar-refractivity contribution in [2.45, 2.75) is 19.8 Å². The van der Waals surface area contributed by atoms with Crippen molar-refractivity contribution in [3.8, 4) is 11.5 Å². The summed E-state index contributed by atoms with van der Waals surface area (Å²) in [6, 6.07) is 10.8. The van der Waals surface area contributed by atoms with Crippen molar-refractivity contribution in [1.82, 2.24) is 4.98 Å². The van der Waals surface area contributed by atoms with Gasteiger partial charge in [0.25, 0.3) is 0 Å². The summed E-state index contributed by atoms with van der Waals surface area (Å²) in [7, 11) is 0. The molecule has 0 unspecified atom stereocenters. The topological polar surface area (TPSA) is 59.4 Å². The number of pyridine rings is 1. The van der Waals surface area contributed by atoms with Gasteiger partial charge >= 0.3 is 5.97 Å². The maximum Gasteiger partial charge on any atom is 0.354 e. The van der Waals surface area contributed by atoms with Crippen LogP contribution in [-0.4, -0.2) is 16.1 Å². The summed E-state index contributed by atoms with van der Waals surface area (Å²) in [5.41, 5.74) is 1.20. The Balaban J connectivity index is 2.16. The lowest BCUT2D eigenvalue weighted by Gasteiger charge is -2.08. The number of nitrogens with zero attached hydrogens (tertiary/aromatic N) is 1. The van der Waals surface area contributed by atoms with Crippen LogP contribution >= 0.6 is 0 Å². The van der Waals surface area contributed by atoms with Gasteiger partial charge in [-0.3, -0.25) is 0 Å². The van der Waals surface area contributed by atoms with Crippen LogP contribution in [0.2, 0.25) is 0 Å². The Morgan fingerprint density at radius 2 is 1.84 bits per heavy atom. The lowest BCUT2D eigenvalue weighted by atomic mass is 10.0. The van der Waals surface area contributed by atoms with Crippen molar-refractivity contribution in [3.05, 3.63) is 53.9 Å². The molecule has 4 nitrogen and oxygen atoms in total. The molecule has 98 valence electrons. The second-order valence-corrected chi connectivity index (χ2v) is 4.51. The summed E-state index contributed by atoms with van der Waals surface area (Å²) in [6.07, 6.45) is 1.42. The first-order valence-corrected chi connectivity index (χ1v) is 6.03. The molecule has 1 heterocycles. The van der Waals surface area contributed by atoms with Gasteiger partial charge in [-0.15, -0.1) is 0 Å². The van der Waals surface area contributed by atoms with E-state index < -0.39 is 5.97 Å². The van der Waals surface area contributed by atoms with Gasteiger partial charge in [0.05, 0.1) is 0 Å². The van der Waals surface area contributed by atoms with Gasteiger partial charge in [-0.1, -0.05) is 26.0 Å². The van der Waals surface area contributed by atoms with Gasteiger partial charge in [-0.25, -0.2) is 9.78 Å². The van der Waals surface area contributed by atoms with Crippen LogP contribution in [0, 0.1) is 0 Å². The molecule has 0 spiro atoms. The van der Waals surface area contributed by atoms with Crippen molar-refractivity contribution < 1.29 is 14.6 Å². The monoisotopic (exact) mass is 257 g/mol. The van der Waals surface area contributed by atoms with Crippen LogP contribution in [0.5, 0.6) is 11.5 Å². The fourth-order valence-electron chi connectivity index (χ4n) is 1.65. The minimum atomic E-state index is -1.07. The zero-order valence-electron chi connectivity index (χ0n) is 10.8. The molecule has 2 rings (SSSR count). The van der Waals surface area contributed by atoms with Gasteiger partial charge in [0.2, 0.25) is 0 Å². The predicted octanol–water partition coefficient (Wildman–Crippen LogP) is 3.70. The van der Waals surface area contributed by atoms with Gasteiger partial charge in [0.1, 0.15) is 11.5 Å². The number of aromatic carboxylic acids is 1. The van der Waals surface area contributed by atoms with Crippen molar-refractivity contribution in [2.75, 3.05) is 0 Å². The first kappa shape index (κ1) is 13.1. The highest BCUT2D eigenvalue weighted by molar-refractivity contribution is 5.85. The van der Waals surface area contributed by atoms with E-state index in [2.05, 4.69) is 18.8 Å². The molecule has 4 heteroatoms. The number of benzene rings is 1. The molecule has 0 aliphatic heterocycles. The van der Waals surface area contributed by atoms with Gasteiger partial charge < -0.3 is 9.84 Å². The van der Waals surface area contributed by atoms with Crippen LogP contribution in [0.25, 0.3) is 0 Å². The molecule has 1 N–H and O–H groups in total. The third-order valence-corrected chi connectivity index (χ3v) is 2.73. The maximum absolute atomic E-state index is 10.8. The maximum atomic E-state index is 10.8. The number of ether oxygens (including phenoxy) is 1. The number of hydrogen-bond acceptors (Lipinski definition) is 3. The molecule has 0 aliphatic rings. The summed E-state index contributed by atoms with van der Waals surface area (Å²) in [4.78, 5) is 14.5. The second-order valence-electron chi connectivity index (χ2n) is 4.51. The smallest absolute Gasteiger partial charge is 0.354 e. The third kappa shape index (κ3) is 3.31. The molecule has 1 aromatic carbocycles. The standard InChI is InChI=1S/C15H15NO3/c1-10(2)11-3-5-12(6-4-11)19-13-7-8-16-14(9-13)15(17)18/h3-10H,1-2H3,(H,17,18). The largest absolute Gasteiger partial charge is 0.477 e. The minimum absolute atomic E-state index is 0.0312. The number of rotatable bonds is 4. The van der Waals surface area contributed by atoms with E-state index in [0.29, 0.717) is 17.4 Å².